The topological polar surface area (TPSA) is 64.4 Å². The lowest BCUT2D eigenvalue weighted by atomic mass is 10.1. The summed E-state index contributed by atoms with van der Waals surface area (Å²) < 4.78 is 5.49. The smallest absolute Gasteiger partial charge is 0.250 e. The molecule has 17 heavy (non-hydrogen) atoms. The van der Waals surface area contributed by atoms with E-state index in [1.165, 1.54) is 11.8 Å². The highest BCUT2D eigenvalue weighted by Crippen LogP contribution is 2.40. The van der Waals surface area contributed by atoms with Gasteiger partial charge in [-0.3, -0.25) is 4.79 Å². The molecule has 1 atom stereocenters. The van der Waals surface area contributed by atoms with Crippen LogP contribution < -0.4 is 15.8 Å². The molecular weight excluding hydrogens is 236 g/mol. The monoisotopic (exact) mass is 246 g/mol. The van der Waals surface area contributed by atoms with E-state index in [0.717, 1.165) is 21.9 Å². The van der Waals surface area contributed by atoms with Gasteiger partial charge < -0.3 is 15.8 Å². The fourth-order valence-electron chi connectivity index (χ4n) is 1.82. The zero-order valence-corrected chi connectivity index (χ0v) is 9.66. The van der Waals surface area contributed by atoms with Crippen LogP contribution in [0.5, 0.6) is 5.75 Å². The van der Waals surface area contributed by atoms with E-state index < -0.39 is 5.37 Å². The third kappa shape index (κ3) is 1.68. The van der Waals surface area contributed by atoms with Crippen LogP contribution in [-0.4, -0.2) is 11.3 Å². The average molecular weight is 246 g/mol. The third-order valence-electron chi connectivity index (χ3n) is 2.60. The van der Waals surface area contributed by atoms with E-state index in [0.29, 0.717) is 0 Å². The molecule has 86 valence electrons. The van der Waals surface area contributed by atoms with Gasteiger partial charge in [-0.25, -0.2) is 0 Å². The first-order valence-electron chi connectivity index (χ1n) is 5.15. The molecule has 4 nitrogen and oxygen atoms in total. The van der Waals surface area contributed by atoms with Crippen molar-refractivity contribution < 1.29 is 9.53 Å². The number of para-hydroxylation sites is 1. The van der Waals surface area contributed by atoms with Crippen LogP contribution >= 0.6 is 11.8 Å². The van der Waals surface area contributed by atoms with Gasteiger partial charge in [0.2, 0.25) is 0 Å². The first-order valence-corrected chi connectivity index (χ1v) is 6.03. The highest BCUT2D eigenvalue weighted by Gasteiger charge is 2.30. The quantitative estimate of drug-likeness (QED) is 0.786. The molecule has 0 fully saturated rings. The van der Waals surface area contributed by atoms with Crippen molar-refractivity contribution in [1.82, 2.24) is 5.32 Å². The second-order valence-electron chi connectivity index (χ2n) is 3.70. The van der Waals surface area contributed by atoms with Gasteiger partial charge in [0.1, 0.15) is 5.75 Å². The van der Waals surface area contributed by atoms with Gasteiger partial charge >= 0.3 is 0 Å². The summed E-state index contributed by atoms with van der Waals surface area (Å²) in [6.45, 7) is 0. The molecule has 5 heteroatoms. The Morgan fingerprint density at radius 3 is 3.06 bits per heavy atom. The minimum Gasteiger partial charge on any atom is -0.464 e. The maximum atomic E-state index is 11.2. The van der Waals surface area contributed by atoms with Crippen molar-refractivity contribution in [3.8, 4) is 5.75 Å². The lowest BCUT2D eigenvalue weighted by molar-refractivity contribution is -0.117. The Hall–Kier alpha value is -1.88. The first kappa shape index (κ1) is 10.3. The minimum absolute atomic E-state index is 0.366. The van der Waals surface area contributed by atoms with Crippen LogP contribution in [0.25, 0.3) is 5.70 Å². The van der Waals surface area contributed by atoms with Crippen LogP contribution in [0.2, 0.25) is 0 Å². The Kier molecular flexibility index (Phi) is 2.33. The van der Waals surface area contributed by atoms with E-state index in [1.807, 2.05) is 30.3 Å². The summed E-state index contributed by atoms with van der Waals surface area (Å²) in [5, 5.41) is 2.72. The summed E-state index contributed by atoms with van der Waals surface area (Å²) in [5.74, 6) is 0.404. The number of ether oxygens (including phenoxy) is 1. The van der Waals surface area contributed by atoms with Crippen molar-refractivity contribution in [2.45, 2.75) is 5.37 Å². The molecule has 0 saturated carbocycles. The van der Waals surface area contributed by atoms with E-state index in [2.05, 4.69) is 5.32 Å². The molecule has 3 N–H and O–H groups in total. The van der Waals surface area contributed by atoms with Gasteiger partial charge in [0.25, 0.3) is 5.91 Å². The van der Waals surface area contributed by atoms with Crippen LogP contribution in [0, 0.1) is 0 Å². The number of thioether (sulfide) groups is 1. The molecular formula is C12H10N2O2S. The van der Waals surface area contributed by atoms with Gasteiger partial charge in [-0.05, 0) is 18.2 Å². The van der Waals surface area contributed by atoms with Crippen molar-refractivity contribution >= 4 is 23.4 Å². The number of carbonyl (C=O) groups is 1. The highest BCUT2D eigenvalue weighted by atomic mass is 32.2. The molecule has 0 saturated heterocycles. The third-order valence-corrected chi connectivity index (χ3v) is 3.78. The summed E-state index contributed by atoms with van der Waals surface area (Å²) in [6.07, 6.45) is 3.47. The number of allylic oxidation sites excluding steroid dienone is 1. The summed E-state index contributed by atoms with van der Waals surface area (Å²) in [6, 6.07) is 7.68. The van der Waals surface area contributed by atoms with E-state index in [1.54, 1.807) is 6.26 Å². The Labute approximate surface area is 103 Å². The fourth-order valence-corrected chi connectivity index (χ4v) is 2.79. The molecule has 1 aromatic rings. The lowest BCUT2D eigenvalue weighted by Gasteiger charge is -2.11. The molecule has 1 amide bonds. The van der Waals surface area contributed by atoms with Gasteiger partial charge in [0, 0.05) is 10.5 Å². The van der Waals surface area contributed by atoms with Crippen LogP contribution in [0.4, 0.5) is 0 Å². The predicted molar refractivity (Wildman–Crippen MR) is 66.8 cm³/mol. The van der Waals surface area contributed by atoms with Crippen molar-refractivity contribution in [3.05, 3.63) is 47.1 Å². The molecule has 0 radical (unpaired) electrons. The van der Waals surface area contributed by atoms with Crippen molar-refractivity contribution in [1.29, 1.82) is 0 Å². The molecule has 2 aliphatic rings. The second-order valence-corrected chi connectivity index (χ2v) is 4.85. The maximum Gasteiger partial charge on any atom is 0.250 e. The molecule has 0 bridgehead atoms. The van der Waals surface area contributed by atoms with Crippen LogP contribution in [0.1, 0.15) is 5.56 Å². The standard InChI is InChI=1S/C12H10N2O2S/c13-11(15)12-14-10-7-3-1-2-4-8(7)16-6-5-9(10)17-12/h1-6,12,14H,(H2,13,15). The van der Waals surface area contributed by atoms with Gasteiger partial charge in [-0.1, -0.05) is 23.9 Å². The molecule has 0 spiro atoms. The molecule has 0 aromatic heterocycles. The number of hydrogen-bond acceptors (Lipinski definition) is 4. The number of fused-ring (bicyclic) bond motifs is 2. The molecule has 1 aromatic carbocycles. The van der Waals surface area contributed by atoms with E-state index in [-0.39, 0.29) is 5.91 Å². The maximum absolute atomic E-state index is 11.2. The Morgan fingerprint density at radius 2 is 2.24 bits per heavy atom. The summed E-state index contributed by atoms with van der Waals surface area (Å²) >= 11 is 1.41. The summed E-state index contributed by atoms with van der Waals surface area (Å²) in [4.78, 5) is 12.2. The summed E-state index contributed by atoms with van der Waals surface area (Å²) in [5.41, 5.74) is 7.16. The van der Waals surface area contributed by atoms with Crippen molar-refractivity contribution in [2.24, 2.45) is 5.73 Å². The predicted octanol–water partition coefficient (Wildman–Crippen LogP) is 1.41. The van der Waals surface area contributed by atoms with Crippen molar-refractivity contribution in [3.63, 3.8) is 0 Å². The number of carbonyl (C=O) groups excluding carboxylic acids is 1. The van der Waals surface area contributed by atoms with Gasteiger partial charge in [0.15, 0.2) is 5.37 Å². The number of nitrogens with one attached hydrogen (secondary N) is 1. The molecule has 1 unspecified atom stereocenters. The molecule has 0 aliphatic carbocycles. The summed E-state index contributed by atoms with van der Waals surface area (Å²) in [7, 11) is 0. The highest BCUT2D eigenvalue weighted by molar-refractivity contribution is 8.05. The van der Waals surface area contributed by atoms with E-state index >= 15 is 0 Å². The average Bonchev–Trinajstić information content (AvgIpc) is 2.67. The number of benzene rings is 1. The number of primary amides is 1. The van der Waals surface area contributed by atoms with Gasteiger partial charge in [-0.2, -0.15) is 0 Å². The minimum atomic E-state index is -0.407. The number of hydrogen-bond donors (Lipinski definition) is 2. The molecule has 3 rings (SSSR count). The zero-order valence-electron chi connectivity index (χ0n) is 8.84. The van der Waals surface area contributed by atoms with E-state index in [4.69, 9.17) is 10.5 Å². The number of rotatable bonds is 1. The van der Waals surface area contributed by atoms with Crippen LogP contribution in [-0.2, 0) is 4.79 Å². The van der Waals surface area contributed by atoms with Gasteiger partial charge in [-0.15, -0.1) is 0 Å². The first-order chi connectivity index (χ1) is 8.25. The Bertz CT molecular complexity index is 551. The second kappa shape index (κ2) is 3.85. The molecule has 2 aliphatic heterocycles. The lowest BCUT2D eigenvalue weighted by Crippen LogP contribution is -2.34. The zero-order chi connectivity index (χ0) is 11.8. The number of nitrogens with two attached hydrogens (primary N) is 1. The van der Waals surface area contributed by atoms with Crippen LogP contribution in [0.15, 0.2) is 41.5 Å². The Morgan fingerprint density at radius 1 is 1.41 bits per heavy atom. The molecule has 2 heterocycles. The Balaban J connectivity index is 2.06. The largest absolute Gasteiger partial charge is 0.464 e. The SMILES string of the molecule is NC(=O)C1NC2=C(C=COc3ccccc32)S1. The van der Waals surface area contributed by atoms with E-state index in [9.17, 15) is 4.79 Å². The number of amides is 1. The van der Waals surface area contributed by atoms with Crippen molar-refractivity contribution in [2.75, 3.05) is 0 Å². The normalized spacial score (nSPS) is 21.1. The van der Waals surface area contributed by atoms with Gasteiger partial charge in [0.05, 0.1) is 12.0 Å². The van der Waals surface area contributed by atoms with Crippen LogP contribution in [0.3, 0.4) is 0 Å². The fraction of sp³-hybridized carbons (Fsp3) is 0.0833.